The van der Waals surface area contributed by atoms with Gasteiger partial charge in [0.05, 0.1) is 10.6 Å². The van der Waals surface area contributed by atoms with Crippen molar-refractivity contribution in [1.82, 2.24) is 10.1 Å². The van der Waals surface area contributed by atoms with E-state index >= 15 is 0 Å². The number of halogens is 1. The zero-order valence-corrected chi connectivity index (χ0v) is 13.1. The zero-order chi connectivity index (χ0) is 15.5. The van der Waals surface area contributed by atoms with Crippen molar-refractivity contribution in [3.63, 3.8) is 0 Å². The van der Waals surface area contributed by atoms with Crippen molar-refractivity contribution in [1.29, 1.82) is 0 Å². The predicted octanol–water partition coefficient (Wildman–Crippen LogP) is 4.15. The first-order valence-electron chi connectivity index (χ1n) is 7.03. The lowest BCUT2D eigenvalue weighted by molar-refractivity contribution is -0.0583. The van der Waals surface area contributed by atoms with Gasteiger partial charge in [-0.2, -0.15) is 4.98 Å². The van der Waals surface area contributed by atoms with Crippen LogP contribution in [0.4, 0.5) is 0 Å². The smallest absolute Gasteiger partial charge is 0.259 e. The molecule has 0 aliphatic carbocycles. The number of aromatic hydroxyl groups is 1. The minimum atomic E-state index is -0.556. The van der Waals surface area contributed by atoms with Crippen molar-refractivity contribution in [3.8, 4) is 17.2 Å². The van der Waals surface area contributed by atoms with Crippen LogP contribution in [-0.2, 0) is 10.3 Å². The third-order valence-corrected chi connectivity index (χ3v) is 3.91. The van der Waals surface area contributed by atoms with E-state index in [2.05, 4.69) is 10.1 Å². The first-order valence-corrected chi connectivity index (χ1v) is 7.41. The van der Waals surface area contributed by atoms with Gasteiger partial charge in [0.1, 0.15) is 11.4 Å². The molecule has 0 amide bonds. The Bertz CT molecular complexity index is 609. The van der Waals surface area contributed by atoms with Gasteiger partial charge in [0.15, 0.2) is 0 Å². The quantitative estimate of drug-likeness (QED) is 0.868. The number of rotatable bonds is 6. The maximum absolute atomic E-state index is 9.57. The standard InChI is InChI=1S/C15H19ClN2O3/c1-4-15(5-2,20-6-3)14-17-13(21-18-14)11-9-10(19)7-8-12(11)16/h7-9,19H,4-6H2,1-3H3. The van der Waals surface area contributed by atoms with Crippen LogP contribution in [0.3, 0.4) is 0 Å². The maximum atomic E-state index is 9.57. The molecule has 6 heteroatoms. The molecule has 0 radical (unpaired) electrons. The first-order chi connectivity index (χ1) is 10.1. The number of phenolic OH excluding ortho intramolecular Hbond substituents is 1. The molecular weight excluding hydrogens is 292 g/mol. The molecule has 1 aromatic heterocycles. The van der Waals surface area contributed by atoms with Crippen LogP contribution in [0.15, 0.2) is 22.7 Å². The fourth-order valence-corrected chi connectivity index (χ4v) is 2.50. The van der Waals surface area contributed by atoms with Crippen LogP contribution in [0.2, 0.25) is 5.02 Å². The second kappa shape index (κ2) is 6.45. The number of benzene rings is 1. The van der Waals surface area contributed by atoms with Gasteiger partial charge in [0.2, 0.25) is 5.82 Å². The van der Waals surface area contributed by atoms with Crippen molar-refractivity contribution in [2.45, 2.75) is 39.2 Å². The van der Waals surface area contributed by atoms with Gasteiger partial charge in [0.25, 0.3) is 5.89 Å². The average Bonchev–Trinajstić information content (AvgIpc) is 2.97. The Morgan fingerprint density at radius 1 is 1.29 bits per heavy atom. The summed E-state index contributed by atoms with van der Waals surface area (Å²) in [6, 6.07) is 4.59. The predicted molar refractivity (Wildman–Crippen MR) is 80.3 cm³/mol. The molecule has 0 fully saturated rings. The molecule has 0 aliphatic heterocycles. The Labute approximate surface area is 128 Å². The molecule has 0 bridgehead atoms. The van der Waals surface area contributed by atoms with E-state index in [4.69, 9.17) is 20.9 Å². The molecule has 0 spiro atoms. The van der Waals surface area contributed by atoms with Gasteiger partial charge in [-0.25, -0.2) is 0 Å². The summed E-state index contributed by atoms with van der Waals surface area (Å²) in [5, 5.41) is 14.1. The van der Waals surface area contributed by atoms with Gasteiger partial charge >= 0.3 is 0 Å². The van der Waals surface area contributed by atoms with Crippen LogP contribution in [-0.4, -0.2) is 21.9 Å². The average molecular weight is 311 g/mol. The largest absolute Gasteiger partial charge is 0.508 e. The Morgan fingerprint density at radius 3 is 2.62 bits per heavy atom. The van der Waals surface area contributed by atoms with Gasteiger partial charge in [-0.05, 0) is 38.0 Å². The highest BCUT2D eigenvalue weighted by atomic mass is 35.5. The van der Waals surface area contributed by atoms with Crippen molar-refractivity contribution in [2.75, 3.05) is 6.61 Å². The lowest BCUT2D eigenvalue weighted by Gasteiger charge is -2.27. The van der Waals surface area contributed by atoms with Crippen LogP contribution in [0.5, 0.6) is 5.75 Å². The third-order valence-electron chi connectivity index (χ3n) is 3.58. The highest BCUT2D eigenvalue weighted by Crippen LogP contribution is 2.35. The van der Waals surface area contributed by atoms with Crippen LogP contribution >= 0.6 is 11.6 Å². The van der Waals surface area contributed by atoms with Crippen molar-refractivity contribution >= 4 is 11.6 Å². The monoisotopic (exact) mass is 310 g/mol. The summed E-state index contributed by atoms with van der Waals surface area (Å²) < 4.78 is 11.2. The second-order valence-corrected chi connectivity index (χ2v) is 5.13. The number of phenols is 1. The molecule has 2 aromatic rings. The fourth-order valence-electron chi connectivity index (χ4n) is 2.31. The Morgan fingerprint density at radius 2 is 2.00 bits per heavy atom. The molecule has 5 nitrogen and oxygen atoms in total. The molecule has 1 N–H and O–H groups in total. The van der Waals surface area contributed by atoms with Gasteiger partial charge in [-0.1, -0.05) is 30.6 Å². The summed E-state index contributed by atoms with van der Waals surface area (Å²) in [5.41, 5.74) is -0.0483. The summed E-state index contributed by atoms with van der Waals surface area (Å²) in [6.45, 7) is 6.55. The van der Waals surface area contributed by atoms with E-state index in [-0.39, 0.29) is 11.6 Å². The first kappa shape index (κ1) is 15.8. The molecule has 0 unspecified atom stereocenters. The van der Waals surface area contributed by atoms with Crippen molar-refractivity contribution in [2.24, 2.45) is 0 Å². The Hall–Kier alpha value is -1.59. The summed E-state index contributed by atoms with van der Waals surface area (Å²) in [5.74, 6) is 0.872. The highest BCUT2D eigenvalue weighted by Gasteiger charge is 2.34. The molecule has 1 aromatic carbocycles. The molecule has 1 heterocycles. The number of hydrogen-bond acceptors (Lipinski definition) is 5. The maximum Gasteiger partial charge on any atom is 0.259 e. The minimum absolute atomic E-state index is 0.0937. The molecular formula is C15H19ClN2O3. The summed E-state index contributed by atoms with van der Waals surface area (Å²) in [6.07, 6.45) is 1.48. The molecule has 0 atom stereocenters. The van der Waals surface area contributed by atoms with Gasteiger partial charge < -0.3 is 14.4 Å². The topological polar surface area (TPSA) is 68.4 Å². The van der Waals surface area contributed by atoms with E-state index < -0.39 is 5.60 Å². The number of ether oxygens (including phenoxy) is 1. The zero-order valence-electron chi connectivity index (χ0n) is 12.4. The van der Waals surface area contributed by atoms with Gasteiger partial charge in [-0.3, -0.25) is 0 Å². The minimum Gasteiger partial charge on any atom is -0.508 e. The second-order valence-electron chi connectivity index (χ2n) is 4.72. The number of aromatic nitrogens is 2. The van der Waals surface area contributed by atoms with E-state index in [1.165, 1.54) is 12.1 Å². The Balaban J connectivity index is 2.43. The van der Waals surface area contributed by atoms with E-state index in [1.54, 1.807) is 6.07 Å². The van der Waals surface area contributed by atoms with Gasteiger partial charge in [0, 0.05) is 6.61 Å². The lowest BCUT2D eigenvalue weighted by Crippen LogP contribution is -2.29. The van der Waals surface area contributed by atoms with E-state index in [0.717, 1.165) is 12.8 Å². The SMILES string of the molecule is CCOC(CC)(CC)c1noc(-c2cc(O)ccc2Cl)n1. The van der Waals surface area contributed by atoms with Crippen molar-refractivity contribution in [3.05, 3.63) is 29.0 Å². The lowest BCUT2D eigenvalue weighted by atomic mass is 9.96. The molecule has 0 saturated carbocycles. The fraction of sp³-hybridized carbons (Fsp3) is 0.467. The Kier molecular flexibility index (Phi) is 4.85. The van der Waals surface area contributed by atoms with Crippen LogP contribution in [0, 0.1) is 0 Å². The highest BCUT2D eigenvalue weighted by molar-refractivity contribution is 6.33. The number of hydrogen-bond donors (Lipinski definition) is 1. The summed E-state index contributed by atoms with van der Waals surface area (Å²) in [7, 11) is 0. The number of nitrogens with zero attached hydrogens (tertiary/aromatic N) is 2. The molecule has 21 heavy (non-hydrogen) atoms. The third kappa shape index (κ3) is 3.04. The van der Waals surface area contributed by atoms with Crippen LogP contribution < -0.4 is 0 Å². The summed E-state index contributed by atoms with van der Waals surface area (Å²) >= 11 is 6.11. The molecule has 0 aliphatic rings. The van der Waals surface area contributed by atoms with Crippen molar-refractivity contribution < 1.29 is 14.4 Å². The molecule has 114 valence electrons. The normalized spacial score (nSPS) is 11.8. The van der Waals surface area contributed by atoms with E-state index in [9.17, 15) is 5.11 Å². The molecule has 0 saturated heterocycles. The van der Waals surface area contributed by atoms with Crippen LogP contribution in [0.25, 0.3) is 11.5 Å². The van der Waals surface area contributed by atoms with Gasteiger partial charge in [-0.15, -0.1) is 0 Å². The van der Waals surface area contributed by atoms with E-state index in [1.807, 2.05) is 20.8 Å². The van der Waals surface area contributed by atoms with E-state index in [0.29, 0.717) is 23.0 Å². The van der Waals surface area contributed by atoms with Crippen LogP contribution in [0.1, 0.15) is 39.4 Å². The summed E-state index contributed by atoms with van der Waals surface area (Å²) in [4.78, 5) is 4.42. The molecule has 2 rings (SSSR count).